The van der Waals surface area contributed by atoms with E-state index in [0.29, 0.717) is 28.4 Å². The Labute approximate surface area is 163 Å². The summed E-state index contributed by atoms with van der Waals surface area (Å²) in [6.45, 7) is 1.45. The van der Waals surface area contributed by atoms with Gasteiger partial charge in [0.25, 0.3) is 0 Å². The molecule has 0 N–H and O–H groups in total. The number of aromatic nitrogens is 7. The van der Waals surface area contributed by atoms with Gasteiger partial charge in [0.05, 0.1) is 22.9 Å². The van der Waals surface area contributed by atoms with Gasteiger partial charge >= 0.3 is 0 Å². The van der Waals surface area contributed by atoms with Crippen LogP contribution >= 0.6 is 11.6 Å². The molecule has 1 aliphatic heterocycles. The van der Waals surface area contributed by atoms with Crippen molar-refractivity contribution in [2.75, 3.05) is 13.2 Å². The van der Waals surface area contributed by atoms with Crippen molar-refractivity contribution in [3.63, 3.8) is 0 Å². The minimum atomic E-state index is -0.541. The van der Waals surface area contributed by atoms with E-state index in [1.54, 1.807) is 12.3 Å². The molecule has 1 aromatic carbocycles. The van der Waals surface area contributed by atoms with E-state index in [9.17, 15) is 4.39 Å². The Kier molecular flexibility index (Phi) is 4.25. The molecule has 1 saturated heterocycles. The van der Waals surface area contributed by atoms with E-state index in [-0.39, 0.29) is 11.1 Å². The molecule has 28 heavy (non-hydrogen) atoms. The average Bonchev–Trinajstić information content (AvgIpc) is 3.38. The van der Waals surface area contributed by atoms with Gasteiger partial charge in [-0.1, -0.05) is 16.8 Å². The maximum Gasteiger partial charge on any atom is 0.187 e. The van der Waals surface area contributed by atoms with E-state index in [4.69, 9.17) is 16.3 Å². The SMILES string of the molecule is Fc1cc(-n2nnc3cnc(-c4[c]cn(C5CCOCC5)n4)nc32)ccc1Cl. The van der Waals surface area contributed by atoms with Crippen LogP contribution in [0.2, 0.25) is 5.02 Å². The second-order valence-electron chi connectivity index (χ2n) is 6.45. The summed E-state index contributed by atoms with van der Waals surface area (Å²) in [5.41, 5.74) is 1.93. The summed E-state index contributed by atoms with van der Waals surface area (Å²) < 4.78 is 22.6. The zero-order valence-electron chi connectivity index (χ0n) is 14.6. The first-order valence-electron chi connectivity index (χ1n) is 8.78. The summed E-state index contributed by atoms with van der Waals surface area (Å²) in [6, 6.07) is 7.79. The number of ether oxygens (including phenoxy) is 1. The molecule has 0 saturated carbocycles. The molecule has 4 heterocycles. The van der Waals surface area contributed by atoms with Crippen LogP contribution in [0.3, 0.4) is 0 Å². The molecule has 0 aliphatic carbocycles. The van der Waals surface area contributed by atoms with Crippen molar-refractivity contribution in [3.05, 3.63) is 47.5 Å². The Balaban J connectivity index is 1.53. The van der Waals surface area contributed by atoms with E-state index < -0.39 is 5.82 Å². The summed E-state index contributed by atoms with van der Waals surface area (Å²) in [6.07, 6.45) is 5.19. The number of nitrogens with zero attached hydrogens (tertiary/aromatic N) is 7. The minimum Gasteiger partial charge on any atom is -0.381 e. The predicted molar refractivity (Wildman–Crippen MR) is 98.6 cm³/mol. The van der Waals surface area contributed by atoms with Gasteiger partial charge in [0.15, 0.2) is 17.0 Å². The molecular weight excluding hydrogens is 385 g/mol. The third-order valence-corrected chi connectivity index (χ3v) is 4.97. The molecule has 0 unspecified atom stereocenters. The summed E-state index contributed by atoms with van der Waals surface area (Å²) in [4.78, 5) is 8.85. The van der Waals surface area contributed by atoms with Crippen LogP contribution < -0.4 is 0 Å². The Morgan fingerprint density at radius 1 is 1.25 bits per heavy atom. The van der Waals surface area contributed by atoms with Crippen LogP contribution in [-0.2, 0) is 4.74 Å². The zero-order chi connectivity index (χ0) is 19.1. The van der Waals surface area contributed by atoms with Gasteiger partial charge in [-0.05, 0) is 25.0 Å². The van der Waals surface area contributed by atoms with Crippen molar-refractivity contribution in [3.8, 4) is 17.2 Å². The lowest BCUT2D eigenvalue weighted by Crippen LogP contribution is -2.19. The summed E-state index contributed by atoms with van der Waals surface area (Å²) >= 11 is 5.76. The first kappa shape index (κ1) is 17.2. The molecule has 1 fully saturated rings. The van der Waals surface area contributed by atoms with Crippen LogP contribution in [0, 0.1) is 11.9 Å². The first-order valence-corrected chi connectivity index (χ1v) is 9.16. The van der Waals surface area contributed by atoms with Gasteiger partial charge in [0.2, 0.25) is 0 Å². The number of rotatable bonds is 3. The largest absolute Gasteiger partial charge is 0.381 e. The number of halogens is 2. The normalized spacial score (nSPS) is 15.4. The highest BCUT2D eigenvalue weighted by Gasteiger charge is 2.19. The third-order valence-electron chi connectivity index (χ3n) is 4.67. The standard InChI is InChI=1S/C18H14ClFN7O/c19-13-2-1-12(9-14(13)20)27-18-16(23-25-27)10-21-17(22-18)15-3-6-26(24-15)11-4-7-28-8-5-11/h1-2,6,9-11H,4-5,7-8H2. The van der Waals surface area contributed by atoms with E-state index in [1.165, 1.54) is 16.8 Å². The molecule has 141 valence electrons. The van der Waals surface area contributed by atoms with Crippen LogP contribution in [0.25, 0.3) is 28.4 Å². The van der Waals surface area contributed by atoms with Crippen molar-refractivity contribution in [1.82, 2.24) is 34.7 Å². The molecule has 4 aromatic rings. The first-order chi connectivity index (χ1) is 13.7. The smallest absolute Gasteiger partial charge is 0.187 e. The minimum absolute atomic E-state index is 0.0386. The molecule has 8 nitrogen and oxygen atoms in total. The molecular formula is C18H14ClFN7O. The highest BCUT2D eigenvalue weighted by molar-refractivity contribution is 6.30. The third kappa shape index (κ3) is 3.02. The van der Waals surface area contributed by atoms with Crippen molar-refractivity contribution in [2.45, 2.75) is 18.9 Å². The lowest BCUT2D eigenvalue weighted by atomic mass is 10.1. The van der Waals surface area contributed by atoms with Gasteiger partial charge in [-0.2, -0.15) is 9.78 Å². The van der Waals surface area contributed by atoms with Gasteiger partial charge in [-0.3, -0.25) is 4.68 Å². The lowest BCUT2D eigenvalue weighted by Gasteiger charge is -2.22. The second kappa shape index (κ2) is 6.92. The quantitative estimate of drug-likeness (QED) is 0.527. The van der Waals surface area contributed by atoms with Crippen molar-refractivity contribution < 1.29 is 9.13 Å². The molecule has 1 radical (unpaired) electrons. The van der Waals surface area contributed by atoms with Crippen LogP contribution in [0.1, 0.15) is 18.9 Å². The summed E-state index contributed by atoms with van der Waals surface area (Å²) in [5.74, 6) is -0.142. The molecule has 0 amide bonds. The van der Waals surface area contributed by atoms with Gasteiger partial charge in [0.1, 0.15) is 11.5 Å². The fourth-order valence-electron chi connectivity index (χ4n) is 3.18. The molecule has 10 heteroatoms. The highest BCUT2D eigenvalue weighted by Crippen LogP contribution is 2.24. The topological polar surface area (TPSA) is 83.5 Å². The Hall–Kier alpha value is -2.91. The van der Waals surface area contributed by atoms with E-state index in [1.807, 2.05) is 10.9 Å². The number of fused-ring (bicyclic) bond motifs is 1. The van der Waals surface area contributed by atoms with E-state index >= 15 is 0 Å². The number of benzene rings is 1. The van der Waals surface area contributed by atoms with Gasteiger partial charge in [-0.15, -0.1) is 5.10 Å². The van der Waals surface area contributed by atoms with E-state index in [0.717, 1.165) is 26.1 Å². The Bertz CT molecular complexity index is 1150. The molecule has 0 atom stereocenters. The van der Waals surface area contributed by atoms with Gasteiger partial charge in [-0.25, -0.2) is 14.4 Å². The predicted octanol–water partition coefficient (Wildman–Crippen LogP) is 3.02. The summed E-state index contributed by atoms with van der Waals surface area (Å²) in [5, 5.41) is 12.7. The van der Waals surface area contributed by atoms with Gasteiger partial charge < -0.3 is 4.74 Å². The molecule has 0 spiro atoms. The van der Waals surface area contributed by atoms with Crippen LogP contribution in [-0.4, -0.2) is 48.0 Å². The number of hydrogen-bond acceptors (Lipinski definition) is 6. The molecule has 3 aromatic heterocycles. The highest BCUT2D eigenvalue weighted by atomic mass is 35.5. The van der Waals surface area contributed by atoms with Crippen LogP contribution in [0.15, 0.2) is 30.6 Å². The van der Waals surface area contributed by atoms with Crippen molar-refractivity contribution in [1.29, 1.82) is 0 Å². The fraction of sp³-hybridized carbons (Fsp3) is 0.278. The van der Waals surface area contributed by atoms with Gasteiger partial charge in [0, 0.05) is 31.5 Å². The van der Waals surface area contributed by atoms with Crippen molar-refractivity contribution in [2.24, 2.45) is 0 Å². The lowest BCUT2D eigenvalue weighted by molar-refractivity contribution is 0.0663. The molecule has 1 aliphatic rings. The molecule has 5 rings (SSSR count). The zero-order valence-corrected chi connectivity index (χ0v) is 15.3. The maximum absolute atomic E-state index is 13.8. The van der Waals surface area contributed by atoms with Crippen LogP contribution in [0.4, 0.5) is 4.39 Å². The van der Waals surface area contributed by atoms with Crippen molar-refractivity contribution >= 4 is 22.8 Å². The second-order valence-corrected chi connectivity index (χ2v) is 6.85. The Morgan fingerprint density at radius 2 is 2.11 bits per heavy atom. The average molecular weight is 399 g/mol. The maximum atomic E-state index is 13.8. The monoisotopic (exact) mass is 398 g/mol. The number of hydrogen-bond donors (Lipinski definition) is 0. The fourth-order valence-corrected chi connectivity index (χ4v) is 3.30. The van der Waals surface area contributed by atoms with Crippen LogP contribution in [0.5, 0.6) is 0 Å². The Morgan fingerprint density at radius 3 is 2.93 bits per heavy atom. The van der Waals surface area contributed by atoms with E-state index in [2.05, 4.69) is 31.4 Å². The summed E-state index contributed by atoms with van der Waals surface area (Å²) in [7, 11) is 0. The molecule has 0 bridgehead atoms.